The number of anilines is 1. The number of hydrogen-bond acceptors (Lipinski definition) is 2. The number of nitriles is 1. The first-order chi connectivity index (χ1) is 5.15. The van der Waals surface area contributed by atoms with E-state index < -0.39 is 0 Å². The molecule has 2 nitrogen and oxygen atoms in total. The lowest BCUT2D eigenvalue weighted by atomic mass is 10.2. The summed E-state index contributed by atoms with van der Waals surface area (Å²) < 4.78 is 1.63. The maximum absolute atomic E-state index is 8.66. The first-order valence-corrected chi connectivity index (χ1v) is 4.67. The van der Waals surface area contributed by atoms with Crippen molar-refractivity contribution in [2.75, 3.05) is 5.73 Å². The quantitative estimate of drug-likeness (QED) is 0.589. The Morgan fingerprint density at radius 3 is 2.64 bits per heavy atom. The van der Waals surface area contributed by atoms with Gasteiger partial charge in [-0.3, -0.25) is 0 Å². The average Bonchev–Trinajstić information content (AvgIpc) is 1.85. The molecule has 1 aromatic carbocycles. The van der Waals surface area contributed by atoms with E-state index in [9.17, 15) is 0 Å². The molecule has 0 fully saturated rings. The maximum atomic E-state index is 8.66. The van der Waals surface area contributed by atoms with Gasteiger partial charge in [0.25, 0.3) is 0 Å². The van der Waals surface area contributed by atoms with E-state index in [2.05, 4.69) is 44.6 Å². The van der Waals surface area contributed by atoms with E-state index >= 15 is 0 Å². The van der Waals surface area contributed by atoms with E-state index in [1.54, 1.807) is 12.1 Å². The van der Waals surface area contributed by atoms with Crippen molar-refractivity contribution < 1.29 is 0 Å². The molecule has 4 heteroatoms. The van der Waals surface area contributed by atoms with E-state index in [-0.39, 0.29) is 0 Å². The first kappa shape index (κ1) is 8.81. The topological polar surface area (TPSA) is 49.8 Å². The van der Waals surface area contributed by atoms with Gasteiger partial charge in [-0.25, -0.2) is 0 Å². The zero-order chi connectivity index (χ0) is 8.43. The van der Waals surface area contributed by atoms with Crippen LogP contribution in [0.1, 0.15) is 5.56 Å². The zero-order valence-corrected chi connectivity index (χ0v) is 9.18. The molecule has 0 atom stereocenters. The van der Waals surface area contributed by atoms with Crippen LogP contribution >= 0.6 is 38.5 Å². The Hall–Kier alpha value is -0.280. The fourth-order valence-corrected chi connectivity index (χ4v) is 2.41. The van der Waals surface area contributed by atoms with Gasteiger partial charge in [-0.15, -0.1) is 0 Å². The van der Waals surface area contributed by atoms with Gasteiger partial charge in [0.1, 0.15) is 6.07 Å². The van der Waals surface area contributed by atoms with Crippen molar-refractivity contribution in [3.8, 4) is 6.07 Å². The molecule has 0 aliphatic rings. The smallest absolute Gasteiger partial charge is 0.101 e. The molecule has 0 aromatic heterocycles. The Bertz CT molecular complexity index is 307. The standard InChI is InChI=1S/C7H4BrIN2/c8-6-1-4(11)2-7(9)5(6)3-10/h1-2H,11H2. The van der Waals surface area contributed by atoms with E-state index in [0.717, 1.165) is 8.04 Å². The third-order valence-corrected chi connectivity index (χ3v) is 2.65. The third kappa shape index (κ3) is 1.84. The molecule has 0 saturated carbocycles. The molecule has 0 aliphatic heterocycles. The van der Waals surface area contributed by atoms with Gasteiger partial charge in [-0.05, 0) is 50.7 Å². The predicted octanol–water partition coefficient (Wildman–Crippen LogP) is 2.51. The predicted molar refractivity (Wildman–Crippen MR) is 56.0 cm³/mol. The Labute approximate surface area is 86.7 Å². The van der Waals surface area contributed by atoms with Gasteiger partial charge >= 0.3 is 0 Å². The van der Waals surface area contributed by atoms with Gasteiger partial charge in [0.15, 0.2) is 0 Å². The highest BCUT2D eigenvalue weighted by Crippen LogP contribution is 2.24. The summed E-state index contributed by atoms with van der Waals surface area (Å²) in [6.45, 7) is 0. The number of hydrogen-bond donors (Lipinski definition) is 1. The van der Waals surface area contributed by atoms with E-state index in [1.807, 2.05) is 0 Å². The van der Waals surface area contributed by atoms with Crippen LogP contribution in [-0.4, -0.2) is 0 Å². The molecule has 2 N–H and O–H groups in total. The average molecular weight is 323 g/mol. The number of nitrogens with zero attached hydrogens (tertiary/aromatic N) is 1. The van der Waals surface area contributed by atoms with Crippen LogP contribution in [-0.2, 0) is 0 Å². The highest BCUT2D eigenvalue weighted by Gasteiger charge is 2.04. The van der Waals surface area contributed by atoms with Crippen molar-refractivity contribution in [2.45, 2.75) is 0 Å². The minimum atomic E-state index is 0.639. The first-order valence-electron chi connectivity index (χ1n) is 2.79. The van der Waals surface area contributed by atoms with E-state index in [4.69, 9.17) is 11.0 Å². The molecule has 1 rings (SSSR count). The summed E-state index contributed by atoms with van der Waals surface area (Å²) in [5.41, 5.74) is 6.84. The van der Waals surface area contributed by atoms with Crippen LogP contribution in [0.25, 0.3) is 0 Å². The molecular weight excluding hydrogens is 319 g/mol. The Morgan fingerprint density at radius 1 is 1.55 bits per heavy atom. The molecule has 0 radical (unpaired) electrons. The SMILES string of the molecule is N#Cc1c(Br)cc(N)cc1I. The monoisotopic (exact) mass is 322 g/mol. The number of halogens is 2. The minimum absolute atomic E-state index is 0.639. The second-order valence-electron chi connectivity index (χ2n) is 1.97. The Morgan fingerprint density at radius 2 is 2.18 bits per heavy atom. The van der Waals surface area contributed by atoms with Crippen LogP contribution in [0.5, 0.6) is 0 Å². The van der Waals surface area contributed by atoms with Gasteiger partial charge in [0, 0.05) is 13.7 Å². The van der Waals surface area contributed by atoms with Gasteiger partial charge in [0.2, 0.25) is 0 Å². The molecule has 0 spiro atoms. The lowest BCUT2D eigenvalue weighted by Gasteiger charge is -1.99. The zero-order valence-electron chi connectivity index (χ0n) is 5.44. The normalized spacial score (nSPS) is 9.18. The summed E-state index contributed by atoms with van der Waals surface area (Å²) in [5, 5.41) is 8.66. The van der Waals surface area contributed by atoms with Crippen molar-refractivity contribution in [1.82, 2.24) is 0 Å². The van der Waals surface area contributed by atoms with Crippen LogP contribution in [0.4, 0.5) is 5.69 Å². The molecule has 56 valence electrons. The molecule has 11 heavy (non-hydrogen) atoms. The van der Waals surface area contributed by atoms with Crippen LogP contribution in [0.3, 0.4) is 0 Å². The summed E-state index contributed by atoms with van der Waals surface area (Å²) >= 11 is 5.33. The van der Waals surface area contributed by atoms with Crippen molar-refractivity contribution >= 4 is 44.2 Å². The summed E-state index contributed by atoms with van der Waals surface area (Å²) in [4.78, 5) is 0. The molecule has 1 aromatic rings. The number of rotatable bonds is 0. The van der Waals surface area contributed by atoms with Crippen LogP contribution in [0.2, 0.25) is 0 Å². The van der Waals surface area contributed by atoms with Crippen molar-refractivity contribution in [3.05, 3.63) is 25.7 Å². The second-order valence-corrected chi connectivity index (χ2v) is 3.99. The van der Waals surface area contributed by atoms with Crippen molar-refractivity contribution in [2.24, 2.45) is 0 Å². The lowest BCUT2D eigenvalue weighted by molar-refractivity contribution is 1.44. The number of nitrogen functional groups attached to an aromatic ring is 1. The number of nitrogens with two attached hydrogens (primary N) is 1. The Kier molecular flexibility index (Phi) is 2.73. The second kappa shape index (κ2) is 3.41. The van der Waals surface area contributed by atoms with Gasteiger partial charge in [0.05, 0.1) is 5.56 Å². The highest BCUT2D eigenvalue weighted by atomic mass is 127. The van der Waals surface area contributed by atoms with Crippen LogP contribution < -0.4 is 5.73 Å². The van der Waals surface area contributed by atoms with E-state index in [1.165, 1.54) is 0 Å². The summed E-state index contributed by atoms with van der Waals surface area (Å²) in [5.74, 6) is 0. The molecule has 0 saturated heterocycles. The Balaban J connectivity index is 3.40. The van der Waals surface area contributed by atoms with Crippen molar-refractivity contribution in [3.63, 3.8) is 0 Å². The molecule has 0 bridgehead atoms. The summed E-state index contributed by atoms with van der Waals surface area (Å²) in [7, 11) is 0. The molecule has 0 unspecified atom stereocenters. The van der Waals surface area contributed by atoms with Gasteiger partial charge in [-0.1, -0.05) is 0 Å². The third-order valence-electron chi connectivity index (χ3n) is 1.18. The fraction of sp³-hybridized carbons (Fsp3) is 0. The number of benzene rings is 1. The van der Waals surface area contributed by atoms with Crippen LogP contribution in [0, 0.1) is 14.9 Å². The van der Waals surface area contributed by atoms with Crippen LogP contribution in [0.15, 0.2) is 16.6 Å². The summed E-state index contributed by atoms with van der Waals surface area (Å²) in [6, 6.07) is 5.57. The highest BCUT2D eigenvalue weighted by molar-refractivity contribution is 14.1. The molecule has 0 heterocycles. The van der Waals surface area contributed by atoms with Gasteiger partial charge < -0.3 is 5.73 Å². The lowest BCUT2D eigenvalue weighted by Crippen LogP contribution is -1.89. The van der Waals surface area contributed by atoms with Gasteiger partial charge in [-0.2, -0.15) is 5.26 Å². The van der Waals surface area contributed by atoms with E-state index in [0.29, 0.717) is 11.3 Å². The molecular formula is C7H4BrIN2. The fourth-order valence-electron chi connectivity index (χ4n) is 0.700. The van der Waals surface area contributed by atoms with Crippen molar-refractivity contribution in [1.29, 1.82) is 5.26 Å². The summed E-state index contributed by atoms with van der Waals surface area (Å²) in [6.07, 6.45) is 0. The minimum Gasteiger partial charge on any atom is -0.399 e. The molecule has 0 amide bonds. The molecule has 0 aliphatic carbocycles. The maximum Gasteiger partial charge on any atom is 0.101 e. The largest absolute Gasteiger partial charge is 0.399 e.